The largest absolute Gasteiger partial charge is 0.463 e. The highest BCUT2D eigenvalue weighted by Crippen LogP contribution is 2.34. The summed E-state index contributed by atoms with van der Waals surface area (Å²) in [5.41, 5.74) is 4.18. The molecule has 3 aliphatic rings. The molecule has 1 aliphatic carbocycles. The Morgan fingerprint density at radius 2 is 1.83 bits per heavy atom. The van der Waals surface area contributed by atoms with Crippen LogP contribution in [0.2, 0.25) is 0 Å². The molecule has 0 spiro atoms. The lowest BCUT2D eigenvalue weighted by molar-refractivity contribution is -0.139. The van der Waals surface area contributed by atoms with Gasteiger partial charge in [0.1, 0.15) is 0 Å². The second-order valence-corrected chi connectivity index (χ2v) is 10.2. The summed E-state index contributed by atoms with van der Waals surface area (Å²) < 4.78 is 5.52. The van der Waals surface area contributed by atoms with E-state index in [0.717, 1.165) is 55.5 Å². The van der Waals surface area contributed by atoms with Crippen molar-refractivity contribution in [3.05, 3.63) is 46.2 Å². The van der Waals surface area contributed by atoms with E-state index in [2.05, 4.69) is 10.2 Å². The van der Waals surface area contributed by atoms with Crippen LogP contribution in [0, 0.1) is 19.8 Å². The Hall–Kier alpha value is -2.87. The molecule has 2 fully saturated rings. The molecule has 2 aliphatic heterocycles. The molecule has 1 aromatic carbocycles. The molecule has 1 aromatic rings. The lowest BCUT2D eigenvalue weighted by Gasteiger charge is -2.38. The van der Waals surface area contributed by atoms with E-state index in [9.17, 15) is 14.4 Å². The number of carbonyl (C=O) groups excluding carboxylic acids is 3. The molecule has 196 valence electrons. The molecule has 1 saturated heterocycles. The number of esters is 1. The molecule has 1 atom stereocenters. The minimum atomic E-state index is -0.571. The average Bonchev–Trinajstić information content (AvgIpc) is 3.05. The molecule has 1 N–H and O–H groups in total. The first-order chi connectivity index (χ1) is 17.3. The van der Waals surface area contributed by atoms with Gasteiger partial charge in [0.05, 0.1) is 18.2 Å². The maximum Gasteiger partial charge on any atom is 0.338 e. The van der Waals surface area contributed by atoms with Gasteiger partial charge < -0.3 is 15.0 Å². The number of aryl methyl sites for hydroxylation is 2. The minimum absolute atomic E-state index is 0.200. The van der Waals surface area contributed by atoms with E-state index in [1.54, 1.807) is 11.8 Å². The number of carbonyl (C=O) groups is 3. The van der Waals surface area contributed by atoms with Gasteiger partial charge in [0, 0.05) is 50.9 Å². The van der Waals surface area contributed by atoms with E-state index in [0.29, 0.717) is 37.4 Å². The predicted molar refractivity (Wildman–Crippen MR) is 138 cm³/mol. The monoisotopic (exact) mass is 496 g/mol. The van der Waals surface area contributed by atoms with Crippen molar-refractivity contribution in [3.8, 4) is 0 Å². The van der Waals surface area contributed by atoms with Crippen LogP contribution in [-0.2, 0) is 14.3 Å². The quantitative estimate of drug-likeness (QED) is 0.584. The highest BCUT2D eigenvalue weighted by Gasteiger charge is 2.39. The van der Waals surface area contributed by atoms with Crippen molar-refractivity contribution in [1.82, 2.24) is 20.0 Å². The molecule has 0 bridgehead atoms. The number of hydrogen-bond acceptors (Lipinski definition) is 5. The van der Waals surface area contributed by atoms with Gasteiger partial charge in [-0.15, -0.1) is 0 Å². The Bertz CT molecular complexity index is 1030. The molecule has 8 nitrogen and oxygen atoms in total. The summed E-state index contributed by atoms with van der Waals surface area (Å²) in [6.07, 6.45) is 4.04. The van der Waals surface area contributed by atoms with Crippen LogP contribution in [0.1, 0.15) is 62.3 Å². The van der Waals surface area contributed by atoms with Crippen molar-refractivity contribution >= 4 is 17.9 Å². The van der Waals surface area contributed by atoms with E-state index in [1.807, 2.05) is 43.9 Å². The first-order valence-electron chi connectivity index (χ1n) is 13.4. The first kappa shape index (κ1) is 26.2. The average molecular weight is 497 g/mol. The van der Waals surface area contributed by atoms with Gasteiger partial charge in [0.15, 0.2) is 0 Å². The number of rotatable bonds is 7. The van der Waals surface area contributed by atoms with Gasteiger partial charge in [-0.3, -0.25) is 14.6 Å². The number of urea groups is 1. The van der Waals surface area contributed by atoms with Crippen LogP contribution in [0.5, 0.6) is 0 Å². The molecular formula is C28H40N4O4. The molecule has 0 radical (unpaired) electrons. The van der Waals surface area contributed by atoms with Crippen LogP contribution in [0.4, 0.5) is 4.79 Å². The Morgan fingerprint density at radius 1 is 1.06 bits per heavy atom. The Labute approximate surface area is 214 Å². The number of amides is 3. The summed E-state index contributed by atoms with van der Waals surface area (Å²) in [5, 5.41) is 3.07. The maximum atomic E-state index is 13.4. The lowest BCUT2D eigenvalue weighted by atomic mass is 9.84. The third-order valence-electron chi connectivity index (χ3n) is 7.72. The van der Waals surface area contributed by atoms with E-state index >= 15 is 0 Å². The zero-order chi connectivity index (χ0) is 25.8. The summed E-state index contributed by atoms with van der Waals surface area (Å²) in [5.74, 6) is 0.0934. The summed E-state index contributed by atoms with van der Waals surface area (Å²) in [7, 11) is 0. The molecule has 8 heteroatoms. The first-order valence-corrected chi connectivity index (χ1v) is 13.4. The SMILES string of the molecule is CCOC(=O)C1=C(CN2CCCN(C(=O)C3CCC3)CC2)N(CC)C(=O)N[C@@H]1c1cc(C)ccc1C. The third-order valence-corrected chi connectivity index (χ3v) is 7.72. The molecule has 3 amide bonds. The minimum Gasteiger partial charge on any atom is -0.463 e. The zero-order valence-corrected chi connectivity index (χ0v) is 22.1. The highest BCUT2D eigenvalue weighted by molar-refractivity contribution is 5.95. The Balaban J connectivity index is 1.66. The molecule has 1 saturated carbocycles. The van der Waals surface area contributed by atoms with Crippen LogP contribution in [0.25, 0.3) is 0 Å². The standard InChI is InChI=1S/C28H40N4O4/c1-5-32-23(18-30-13-8-14-31(16-15-30)26(33)21-9-7-10-21)24(27(34)36-6-2)25(29-28(32)35)22-17-19(3)11-12-20(22)4/h11-12,17,21,25H,5-10,13-16,18H2,1-4H3,(H,29,35)/t25-/m1/s1. The van der Waals surface area contributed by atoms with E-state index in [1.165, 1.54) is 0 Å². The normalized spacial score (nSPS) is 21.7. The summed E-state index contributed by atoms with van der Waals surface area (Å²) in [6.45, 7) is 11.9. The molecular weight excluding hydrogens is 456 g/mol. The fraction of sp³-hybridized carbons (Fsp3) is 0.607. The lowest BCUT2D eigenvalue weighted by Crippen LogP contribution is -2.51. The fourth-order valence-corrected chi connectivity index (χ4v) is 5.44. The molecule has 0 aromatic heterocycles. The van der Waals surface area contributed by atoms with E-state index in [-0.39, 0.29) is 24.5 Å². The van der Waals surface area contributed by atoms with Crippen molar-refractivity contribution in [1.29, 1.82) is 0 Å². The Kier molecular flexibility index (Phi) is 8.34. The highest BCUT2D eigenvalue weighted by atomic mass is 16.5. The number of nitrogens with one attached hydrogen (secondary N) is 1. The van der Waals surface area contributed by atoms with Crippen molar-refractivity contribution in [2.75, 3.05) is 45.9 Å². The predicted octanol–water partition coefficient (Wildman–Crippen LogP) is 3.54. The van der Waals surface area contributed by atoms with Crippen molar-refractivity contribution < 1.29 is 19.1 Å². The van der Waals surface area contributed by atoms with E-state index in [4.69, 9.17) is 4.74 Å². The summed E-state index contributed by atoms with van der Waals surface area (Å²) in [4.78, 5) is 45.4. The van der Waals surface area contributed by atoms with Crippen molar-refractivity contribution in [3.63, 3.8) is 0 Å². The molecule has 0 unspecified atom stereocenters. The van der Waals surface area contributed by atoms with Gasteiger partial charge in [-0.25, -0.2) is 9.59 Å². The maximum absolute atomic E-state index is 13.4. The second-order valence-electron chi connectivity index (χ2n) is 10.2. The zero-order valence-electron chi connectivity index (χ0n) is 22.1. The van der Waals surface area contributed by atoms with Gasteiger partial charge in [-0.05, 0) is 58.1 Å². The molecule has 4 rings (SSSR count). The van der Waals surface area contributed by atoms with Crippen molar-refractivity contribution in [2.45, 2.75) is 59.4 Å². The van der Waals surface area contributed by atoms with Crippen molar-refractivity contribution in [2.24, 2.45) is 5.92 Å². The van der Waals surface area contributed by atoms with Gasteiger partial charge in [0.25, 0.3) is 0 Å². The van der Waals surface area contributed by atoms with E-state index < -0.39 is 12.0 Å². The van der Waals surface area contributed by atoms with Crippen LogP contribution >= 0.6 is 0 Å². The number of ether oxygens (including phenoxy) is 1. The summed E-state index contributed by atoms with van der Waals surface area (Å²) >= 11 is 0. The topological polar surface area (TPSA) is 82.2 Å². The number of nitrogens with zero attached hydrogens (tertiary/aromatic N) is 3. The smallest absolute Gasteiger partial charge is 0.338 e. The second kappa shape index (κ2) is 11.5. The number of likely N-dealkylation sites (N-methyl/N-ethyl adjacent to an activating group) is 1. The fourth-order valence-electron chi connectivity index (χ4n) is 5.44. The Morgan fingerprint density at radius 3 is 2.50 bits per heavy atom. The van der Waals surface area contributed by atoms with Gasteiger partial charge in [0.2, 0.25) is 5.91 Å². The molecule has 2 heterocycles. The van der Waals surface area contributed by atoms with Crippen LogP contribution in [0.15, 0.2) is 29.5 Å². The molecule has 36 heavy (non-hydrogen) atoms. The van der Waals surface area contributed by atoms with Gasteiger partial charge >= 0.3 is 12.0 Å². The van der Waals surface area contributed by atoms with Gasteiger partial charge in [-0.2, -0.15) is 0 Å². The third kappa shape index (κ3) is 5.43. The summed E-state index contributed by atoms with van der Waals surface area (Å²) in [6, 6.07) is 5.31. The van der Waals surface area contributed by atoms with Crippen LogP contribution < -0.4 is 5.32 Å². The number of benzene rings is 1. The van der Waals surface area contributed by atoms with Gasteiger partial charge in [-0.1, -0.05) is 30.2 Å². The number of hydrogen-bond donors (Lipinski definition) is 1. The van der Waals surface area contributed by atoms with Crippen LogP contribution in [-0.4, -0.2) is 78.5 Å². The van der Waals surface area contributed by atoms with Crippen LogP contribution in [0.3, 0.4) is 0 Å².